The zero-order chi connectivity index (χ0) is 10.6. The quantitative estimate of drug-likeness (QED) is 0.666. The number of hydrogen-bond donors (Lipinski definition) is 2. The molecule has 1 aromatic rings. The van der Waals surface area contributed by atoms with E-state index in [2.05, 4.69) is 9.97 Å². The minimum Gasteiger partial charge on any atom is -0.396 e. The molecule has 1 amide bonds. The van der Waals surface area contributed by atoms with Gasteiger partial charge in [0, 0.05) is 6.54 Å². The van der Waals surface area contributed by atoms with Gasteiger partial charge in [-0.1, -0.05) is 0 Å². The maximum atomic E-state index is 10.7. The van der Waals surface area contributed by atoms with E-state index in [1.165, 1.54) is 12.4 Å². The molecule has 0 unspecified atom stereocenters. The monoisotopic (exact) mass is 195 g/mol. The highest BCUT2D eigenvalue weighted by molar-refractivity contribution is 5.78. The molecule has 0 aliphatic heterocycles. The molecule has 0 aliphatic carbocycles. The number of nitrogens with zero attached hydrogens (tertiary/aromatic N) is 3. The van der Waals surface area contributed by atoms with Gasteiger partial charge in [-0.2, -0.15) is 0 Å². The highest BCUT2D eigenvalue weighted by Gasteiger charge is 2.09. The van der Waals surface area contributed by atoms with E-state index in [9.17, 15) is 4.79 Å². The Bertz CT molecular complexity index is 310. The maximum Gasteiger partial charge on any atom is 0.237 e. The molecular formula is C8H13N5O. The molecule has 1 rings (SSSR count). The molecule has 0 fully saturated rings. The molecule has 14 heavy (non-hydrogen) atoms. The number of likely N-dealkylation sites (N-methyl/N-ethyl adjacent to an activating group) is 1. The van der Waals surface area contributed by atoms with Gasteiger partial charge in [0.2, 0.25) is 11.9 Å². The van der Waals surface area contributed by atoms with Crippen LogP contribution in [0, 0.1) is 0 Å². The summed E-state index contributed by atoms with van der Waals surface area (Å²) < 4.78 is 0. The van der Waals surface area contributed by atoms with Gasteiger partial charge in [-0.25, -0.2) is 9.97 Å². The van der Waals surface area contributed by atoms with Gasteiger partial charge in [-0.15, -0.1) is 0 Å². The van der Waals surface area contributed by atoms with E-state index in [0.29, 0.717) is 18.2 Å². The lowest BCUT2D eigenvalue weighted by atomic mass is 10.5. The van der Waals surface area contributed by atoms with Crippen LogP contribution >= 0.6 is 0 Å². The first-order valence-corrected chi connectivity index (χ1v) is 4.24. The molecular weight excluding hydrogens is 182 g/mol. The number of aromatic nitrogens is 2. The van der Waals surface area contributed by atoms with E-state index in [-0.39, 0.29) is 6.54 Å². The van der Waals surface area contributed by atoms with Gasteiger partial charge in [0.1, 0.15) is 0 Å². The van der Waals surface area contributed by atoms with Gasteiger partial charge in [-0.3, -0.25) is 4.79 Å². The molecule has 1 aromatic heterocycles. The van der Waals surface area contributed by atoms with Crippen LogP contribution in [0.5, 0.6) is 0 Å². The molecule has 6 heteroatoms. The van der Waals surface area contributed by atoms with Crippen molar-refractivity contribution in [1.29, 1.82) is 0 Å². The fourth-order valence-electron chi connectivity index (χ4n) is 1.01. The summed E-state index contributed by atoms with van der Waals surface area (Å²) in [5.74, 6) is 0.0489. The minimum atomic E-state index is -0.410. The van der Waals surface area contributed by atoms with Crippen LogP contribution in [0.3, 0.4) is 0 Å². The van der Waals surface area contributed by atoms with Crippen molar-refractivity contribution in [2.45, 2.75) is 6.92 Å². The van der Waals surface area contributed by atoms with Crippen LogP contribution < -0.4 is 16.4 Å². The van der Waals surface area contributed by atoms with Crippen molar-refractivity contribution in [3.8, 4) is 0 Å². The minimum absolute atomic E-state index is 0.112. The highest BCUT2D eigenvalue weighted by Crippen LogP contribution is 2.06. The largest absolute Gasteiger partial charge is 0.396 e. The molecule has 0 saturated carbocycles. The Morgan fingerprint density at radius 2 is 2.07 bits per heavy atom. The topological polar surface area (TPSA) is 98.1 Å². The van der Waals surface area contributed by atoms with Gasteiger partial charge in [-0.05, 0) is 6.92 Å². The lowest BCUT2D eigenvalue weighted by Crippen LogP contribution is -2.34. The third-order valence-electron chi connectivity index (χ3n) is 1.67. The third kappa shape index (κ3) is 2.58. The molecule has 0 aromatic carbocycles. The maximum absolute atomic E-state index is 10.7. The second-order valence-electron chi connectivity index (χ2n) is 2.80. The van der Waals surface area contributed by atoms with Crippen molar-refractivity contribution in [2.75, 3.05) is 23.7 Å². The van der Waals surface area contributed by atoms with Gasteiger partial charge in [0.15, 0.2) is 0 Å². The molecule has 0 aliphatic rings. The summed E-state index contributed by atoms with van der Waals surface area (Å²) in [5, 5.41) is 0. The van der Waals surface area contributed by atoms with Crippen molar-refractivity contribution >= 4 is 17.5 Å². The number of nitrogens with two attached hydrogens (primary N) is 2. The standard InChI is InChI=1S/C8H13N5O/c1-2-13(5-7(10)14)8-11-3-6(9)4-12-8/h3-4H,2,5,9H2,1H3,(H2,10,14). The lowest BCUT2D eigenvalue weighted by Gasteiger charge is -2.18. The van der Waals surface area contributed by atoms with E-state index >= 15 is 0 Å². The number of carbonyl (C=O) groups excluding carboxylic acids is 1. The second kappa shape index (κ2) is 4.40. The van der Waals surface area contributed by atoms with E-state index in [4.69, 9.17) is 11.5 Å². The first kappa shape index (κ1) is 10.2. The van der Waals surface area contributed by atoms with Crippen molar-refractivity contribution in [3.05, 3.63) is 12.4 Å². The zero-order valence-corrected chi connectivity index (χ0v) is 7.97. The van der Waals surface area contributed by atoms with Crippen LogP contribution in [-0.4, -0.2) is 29.0 Å². The Balaban J connectivity index is 2.78. The fourth-order valence-corrected chi connectivity index (χ4v) is 1.01. The Kier molecular flexibility index (Phi) is 3.22. The summed E-state index contributed by atoms with van der Waals surface area (Å²) in [6.45, 7) is 2.62. The van der Waals surface area contributed by atoms with Gasteiger partial charge in [0.05, 0.1) is 24.6 Å². The molecule has 0 saturated heterocycles. The molecule has 1 heterocycles. The number of hydrogen-bond acceptors (Lipinski definition) is 5. The molecule has 0 radical (unpaired) electrons. The average molecular weight is 195 g/mol. The lowest BCUT2D eigenvalue weighted by molar-refractivity contribution is -0.116. The van der Waals surface area contributed by atoms with E-state index < -0.39 is 5.91 Å². The van der Waals surface area contributed by atoms with Crippen LogP contribution in [0.25, 0.3) is 0 Å². The summed E-state index contributed by atoms with van der Waals surface area (Å²) in [6, 6.07) is 0. The zero-order valence-electron chi connectivity index (χ0n) is 7.97. The average Bonchev–Trinajstić information content (AvgIpc) is 2.15. The van der Waals surface area contributed by atoms with Crippen molar-refractivity contribution in [3.63, 3.8) is 0 Å². The van der Waals surface area contributed by atoms with Gasteiger partial charge < -0.3 is 16.4 Å². The number of carbonyl (C=O) groups is 1. The van der Waals surface area contributed by atoms with Crippen LogP contribution in [0.2, 0.25) is 0 Å². The Morgan fingerprint density at radius 3 is 2.50 bits per heavy atom. The molecule has 4 N–H and O–H groups in total. The first-order chi connectivity index (χ1) is 6.63. The molecule has 0 spiro atoms. The number of rotatable bonds is 4. The molecule has 6 nitrogen and oxygen atoms in total. The number of anilines is 2. The fraction of sp³-hybridized carbons (Fsp3) is 0.375. The van der Waals surface area contributed by atoms with Crippen LogP contribution in [-0.2, 0) is 4.79 Å². The van der Waals surface area contributed by atoms with Crippen molar-refractivity contribution < 1.29 is 4.79 Å². The summed E-state index contributed by atoms with van der Waals surface area (Å²) in [4.78, 5) is 20.3. The van der Waals surface area contributed by atoms with Gasteiger partial charge >= 0.3 is 0 Å². The van der Waals surface area contributed by atoms with Crippen LogP contribution in [0.1, 0.15) is 6.92 Å². The van der Waals surface area contributed by atoms with Gasteiger partial charge in [0.25, 0.3) is 0 Å². The molecule has 0 bridgehead atoms. The Hall–Kier alpha value is -1.85. The summed E-state index contributed by atoms with van der Waals surface area (Å²) in [7, 11) is 0. The Morgan fingerprint density at radius 1 is 1.50 bits per heavy atom. The van der Waals surface area contributed by atoms with E-state index in [0.717, 1.165) is 0 Å². The molecule has 0 atom stereocenters. The highest BCUT2D eigenvalue weighted by atomic mass is 16.1. The van der Waals surface area contributed by atoms with E-state index in [1.54, 1.807) is 4.90 Å². The smallest absolute Gasteiger partial charge is 0.237 e. The number of nitrogen functional groups attached to an aromatic ring is 1. The van der Waals surface area contributed by atoms with Crippen LogP contribution in [0.15, 0.2) is 12.4 Å². The van der Waals surface area contributed by atoms with E-state index in [1.807, 2.05) is 6.92 Å². The summed E-state index contributed by atoms with van der Waals surface area (Å²) in [6.07, 6.45) is 2.98. The Labute approximate surface area is 81.9 Å². The second-order valence-corrected chi connectivity index (χ2v) is 2.80. The first-order valence-electron chi connectivity index (χ1n) is 4.24. The molecule has 76 valence electrons. The predicted octanol–water partition coefficient (Wildman–Crippen LogP) is -0.630. The summed E-state index contributed by atoms with van der Waals surface area (Å²) in [5.41, 5.74) is 11.0. The number of primary amides is 1. The van der Waals surface area contributed by atoms with Crippen molar-refractivity contribution in [1.82, 2.24) is 9.97 Å². The third-order valence-corrected chi connectivity index (χ3v) is 1.67. The summed E-state index contributed by atoms with van der Waals surface area (Å²) >= 11 is 0. The predicted molar refractivity (Wildman–Crippen MR) is 53.5 cm³/mol. The SMILES string of the molecule is CCN(CC(N)=O)c1ncc(N)cn1. The normalized spacial score (nSPS) is 9.79. The van der Waals surface area contributed by atoms with Crippen molar-refractivity contribution in [2.24, 2.45) is 5.73 Å². The van der Waals surface area contributed by atoms with Crippen LogP contribution in [0.4, 0.5) is 11.6 Å². The number of amides is 1.